The van der Waals surface area contributed by atoms with Gasteiger partial charge in [-0.3, -0.25) is 4.79 Å². The van der Waals surface area contributed by atoms with E-state index in [0.29, 0.717) is 0 Å². The first-order valence-electron chi connectivity index (χ1n) is 13.2. The highest BCUT2D eigenvalue weighted by molar-refractivity contribution is 5.86. The summed E-state index contributed by atoms with van der Waals surface area (Å²) in [6, 6.07) is 12.9. The molecule has 1 saturated carbocycles. The minimum atomic E-state index is 0.0982. The van der Waals surface area contributed by atoms with Crippen LogP contribution in [0.4, 0.5) is 11.4 Å². The summed E-state index contributed by atoms with van der Waals surface area (Å²) in [6.07, 6.45) is 7.17. The van der Waals surface area contributed by atoms with E-state index < -0.39 is 0 Å². The van der Waals surface area contributed by atoms with E-state index in [2.05, 4.69) is 70.2 Å². The number of piperazine rings is 1. The molecule has 8 nitrogen and oxygen atoms in total. The van der Waals surface area contributed by atoms with Crippen molar-refractivity contribution in [1.82, 2.24) is 19.8 Å². The third-order valence-electron chi connectivity index (χ3n) is 7.46. The molecule has 1 aliphatic carbocycles. The fraction of sp³-hybridized carbons (Fsp3) is 0.464. The Kier molecular flexibility index (Phi) is 7.51. The van der Waals surface area contributed by atoms with Crippen LogP contribution in [0.25, 0.3) is 16.6 Å². The van der Waals surface area contributed by atoms with E-state index in [1.807, 2.05) is 15.6 Å². The van der Waals surface area contributed by atoms with Crippen molar-refractivity contribution in [1.29, 1.82) is 5.41 Å². The molecule has 0 radical (unpaired) electrons. The first-order valence-corrected chi connectivity index (χ1v) is 13.2. The van der Waals surface area contributed by atoms with E-state index in [1.54, 1.807) is 0 Å². The van der Waals surface area contributed by atoms with E-state index in [9.17, 15) is 4.79 Å². The number of nitrogens with one attached hydrogen (secondary N) is 3. The number of aromatic nitrogens is 2. The third kappa shape index (κ3) is 5.38. The normalized spacial score (nSPS) is 18.6. The maximum Gasteiger partial charge on any atom is 0.225 e. The molecule has 1 aromatic carbocycles. The molecule has 0 atom stereocenters. The molecule has 0 unspecified atom stereocenters. The fourth-order valence-electron chi connectivity index (χ4n) is 5.32. The number of rotatable bonds is 8. The van der Waals surface area contributed by atoms with Gasteiger partial charge in [-0.05, 0) is 62.1 Å². The van der Waals surface area contributed by atoms with Gasteiger partial charge in [-0.1, -0.05) is 19.1 Å². The van der Waals surface area contributed by atoms with Gasteiger partial charge in [-0.15, -0.1) is 0 Å². The van der Waals surface area contributed by atoms with Crippen molar-refractivity contribution in [3.63, 3.8) is 0 Å². The van der Waals surface area contributed by atoms with Gasteiger partial charge in [0.15, 0.2) is 0 Å². The zero-order valence-electron chi connectivity index (χ0n) is 21.2. The number of anilines is 2. The van der Waals surface area contributed by atoms with Crippen LogP contribution in [0, 0.1) is 11.3 Å². The molecule has 0 spiro atoms. The minimum absolute atomic E-state index is 0.0982. The van der Waals surface area contributed by atoms with Crippen molar-refractivity contribution in [2.45, 2.75) is 32.6 Å². The summed E-state index contributed by atoms with van der Waals surface area (Å²) in [6.45, 7) is 8.09. The van der Waals surface area contributed by atoms with Crippen LogP contribution in [-0.4, -0.2) is 71.9 Å². The van der Waals surface area contributed by atoms with Gasteiger partial charge in [0.05, 0.1) is 11.2 Å². The molecule has 2 aromatic heterocycles. The van der Waals surface area contributed by atoms with E-state index in [-0.39, 0.29) is 11.8 Å². The standard InChI is InChI=1S/C28H37N7O/c1-2-30-13-14-31-25-9-5-21(6-10-25)23-19-27-26(11-12-32-35(27)20-23)33-15-17-34(18-16-33)28(36)22-3-7-24(29)8-4-22/h5-6,9-12,19-20,22,29-31H,2-4,7-8,13-18H2,1H3. The summed E-state index contributed by atoms with van der Waals surface area (Å²) < 4.78 is 1.96. The van der Waals surface area contributed by atoms with Gasteiger partial charge in [0.25, 0.3) is 0 Å². The van der Waals surface area contributed by atoms with Crippen molar-refractivity contribution in [3.8, 4) is 11.1 Å². The van der Waals surface area contributed by atoms with E-state index in [0.717, 1.165) is 99.7 Å². The molecule has 2 fully saturated rings. The Morgan fingerprint density at radius 2 is 1.78 bits per heavy atom. The smallest absolute Gasteiger partial charge is 0.225 e. The lowest BCUT2D eigenvalue weighted by atomic mass is 9.87. The van der Waals surface area contributed by atoms with Crippen LogP contribution < -0.4 is 15.5 Å². The topological polar surface area (TPSA) is 88.8 Å². The molecule has 2 aliphatic rings. The number of nitrogens with zero attached hydrogens (tertiary/aromatic N) is 4. The van der Waals surface area contributed by atoms with E-state index in [4.69, 9.17) is 5.41 Å². The van der Waals surface area contributed by atoms with Gasteiger partial charge in [0.1, 0.15) is 0 Å². The summed E-state index contributed by atoms with van der Waals surface area (Å²) in [5, 5.41) is 19.1. The van der Waals surface area contributed by atoms with Gasteiger partial charge in [0.2, 0.25) is 5.91 Å². The number of amides is 1. The lowest BCUT2D eigenvalue weighted by Gasteiger charge is -2.38. The van der Waals surface area contributed by atoms with Gasteiger partial charge < -0.3 is 25.8 Å². The first kappa shape index (κ1) is 24.3. The second kappa shape index (κ2) is 11.1. The molecule has 3 N–H and O–H groups in total. The lowest BCUT2D eigenvalue weighted by Crippen LogP contribution is -2.50. The number of benzene rings is 1. The molecule has 8 heteroatoms. The minimum Gasteiger partial charge on any atom is -0.384 e. The Balaban J connectivity index is 1.24. The third-order valence-corrected chi connectivity index (χ3v) is 7.46. The zero-order valence-corrected chi connectivity index (χ0v) is 21.2. The van der Waals surface area contributed by atoms with Crippen molar-refractivity contribution in [2.24, 2.45) is 5.92 Å². The van der Waals surface area contributed by atoms with Crippen LogP contribution in [0.3, 0.4) is 0 Å². The molecule has 5 rings (SSSR count). The highest BCUT2D eigenvalue weighted by Gasteiger charge is 2.30. The maximum absolute atomic E-state index is 13.0. The number of fused-ring (bicyclic) bond motifs is 1. The molecule has 3 aromatic rings. The monoisotopic (exact) mass is 487 g/mol. The number of hydrogen-bond donors (Lipinski definition) is 3. The molecule has 1 aliphatic heterocycles. The van der Waals surface area contributed by atoms with Gasteiger partial charge in [-0.25, -0.2) is 4.52 Å². The molecule has 1 amide bonds. The number of carbonyl (C=O) groups is 1. The maximum atomic E-state index is 13.0. The molecular formula is C28H37N7O. The summed E-state index contributed by atoms with van der Waals surface area (Å²) in [5.74, 6) is 0.382. The van der Waals surface area contributed by atoms with Gasteiger partial charge in [-0.2, -0.15) is 5.10 Å². The van der Waals surface area contributed by atoms with Gasteiger partial charge in [0, 0.05) is 74.5 Å². The molecule has 190 valence electrons. The molecule has 3 heterocycles. The Morgan fingerprint density at radius 1 is 1.03 bits per heavy atom. The van der Waals surface area contributed by atoms with Crippen molar-refractivity contribution >= 4 is 28.5 Å². The second-order valence-corrected chi connectivity index (χ2v) is 9.82. The van der Waals surface area contributed by atoms with Crippen LogP contribution in [0.2, 0.25) is 0 Å². The Hall–Kier alpha value is -3.39. The summed E-state index contributed by atoms with van der Waals surface area (Å²) in [7, 11) is 0. The van der Waals surface area contributed by atoms with Crippen molar-refractivity contribution < 1.29 is 4.79 Å². The SMILES string of the molecule is CCNCCNc1ccc(-c2cc3c(N4CCN(C(=O)C5CCC(=N)CC5)CC4)ccnn3c2)cc1. The zero-order chi connectivity index (χ0) is 24.9. The summed E-state index contributed by atoms with van der Waals surface area (Å²) >= 11 is 0. The summed E-state index contributed by atoms with van der Waals surface area (Å²) in [5.41, 5.74) is 6.48. The number of hydrogen-bond acceptors (Lipinski definition) is 6. The van der Waals surface area contributed by atoms with Crippen LogP contribution >= 0.6 is 0 Å². The van der Waals surface area contributed by atoms with E-state index in [1.165, 1.54) is 5.56 Å². The van der Waals surface area contributed by atoms with Crippen LogP contribution in [0.1, 0.15) is 32.6 Å². The highest BCUT2D eigenvalue weighted by Crippen LogP contribution is 2.30. The highest BCUT2D eigenvalue weighted by atomic mass is 16.2. The predicted molar refractivity (Wildman–Crippen MR) is 146 cm³/mol. The van der Waals surface area contributed by atoms with Gasteiger partial charge >= 0.3 is 0 Å². The largest absolute Gasteiger partial charge is 0.384 e. The fourth-order valence-corrected chi connectivity index (χ4v) is 5.32. The Labute approximate surface area is 213 Å². The number of likely N-dealkylation sites (N-methyl/N-ethyl adjacent to an activating group) is 1. The molecule has 36 heavy (non-hydrogen) atoms. The average molecular weight is 488 g/mol. The lowest BCUT2D eigenvalue weighted by molar-refractivity contribution is -0.136. The van der Waals surface area contributed by atoms with Crippen LogP contribution in [0.15, 0.2) is 48.8 Å². The second-order valence-electron chi connectivity index (χ2n) is 9.82. The average Bonchev–Trinajstić information content (AvgIpc) is 3.36. The van der Waals surface area contributed by atoms with Crippen molar-refractivity contribution in [2.75, 3.05) is 56.0 Å². The van der Waals surface area contributed by atoms with Crippen molar-refractivity contribution in [3.05, 3.63) is 48.8 Å². The number of carbonyl (C=O) groups excluding carboxylic acids is 1. The predicted octanol–water partition coefficient (Wildman–Crippen LogP) is 3.88. The Bertz CT molecular complexity index is 1180. The summed E-state index contributed by atoms with van der Waals surface area (Å²) in [4.78, 5) is 17.4. The molecule has 1 saturated heterocycles. The molecular weight excluding hydrogens is 450 g/mol. The quantitative estimate of drug-likeness (QED) is 0.420. The van der Waals surface area contributed by atoms with E-state index >= 15 is 0 Å². The molecule has 0 bridgehead atoms. The first-order chi connectivity index (χ1) is 17.6. The Morgan fingerprint density at radius 3 is 2.50 bits per heavy atom. The van der Waals surface area contributed by atoms with Crippen LogP contribution in [-0.2, 0) is 4.79 Å². The van der Waals surface area contributed by atoms with Crippen LogP contribution in [0.5, 0.6) is 0 Å².